The summed E-state index contributed by atoms with van der Waals surface area (Å²) in [4.78, 5) is 47.8. The number of amides is 3. The van der Waals surface area contributed by atoms with E-state index in [2.05, 4.69) is 16.0 Å². The summed E-state index contributed by atoms with van der Waals surface area (Å²) in [7, 11) is 0. The zero-order valence-electron chi connectivity index (χ0n) is 16.5. The molecule has 0 aromatic heterocycles. The quantitative estimate of drug-likeness (QED) is 0.252. The lowest BCUT2D eigenvalue weighted by molar-refractivity contribution is -0.145. The first-order valence-corrected chi connectivity index (χ1v) is 8.91. The molecule has 0 aromatic rings. The SMILES string of the molecule is CC(C)CC(NC(=O)C(NC(=O)CN)C(C)C)C(=O)NC(C(=O)O)C(C)O. The smallest absolute Gasteiger partial charge is 0.328 e. The molecule has 0 spiro atoms. The van der Waals surface area contributed by atoms with E-state index in [-0.39, 0.29) is 24.8 Å². The van der Waals surface area contributed by atoms with Gasteiger partial charge in [0.2, 0.25) is 17.7 Å². The minimum atomic E-state index is -1.50. The van der Waals surface area contributed by atoms with Gasteiger partial charge in [-0.15, -0.1) is 0 Å². The van der Waals surface area contributed by atoms with Crippen LogP contribution in [0.2, 0.25) is 0 Å². The second-order valence-electron chi connectivity index (χ2n) is 7.25. The van der Waals surface area contributed by atoms with Crippen LogP contribution in [0, 0.1) is 11.8 Å². The van der Waals surface area contributed by atoms with Gasteiger partial charge in [0.1, 0.15) is 12.1 Å². The molecule has 4 atom stereocenters. The number of carbonyl (C=O) groups is 4. The lowest BCUT2D eigenvalue weighted by Crippen LogP contribution is -2.58. The number of aliphatic hydroxyl groups excluding tert-OH is 1. The zero-order valence-corrected chi connectivity index (χ0v) is 16.5. The highest BCUT2D eigenvalue weighted by Crippen LogP contribution is 2.09. The Labute approximate surface area is 159 Å². The number of hydrogen-bond acceptors (Lipinski definition) is 6. The summed E-state index contributed by atoms with van der Waals surface area (Å²) in [6.45, 7) is 8.10. The van der Waals surface area contributed by atoms with E-state index in [4.69, 9.17) is 10.8 Å². The van der Waals surface area contributed by atoms with E-state index in [1.165, 1.54) is 6.92 Å². The Kier molecular flexibility index (Phi) is 10.6. The van der Waals surface area contributed by atoms with Gasteiger partial charge in [-0.25, -0.2) is 4.79 Å². The van der Waals surface area contributed by atoms with Gasteiger partial charge in [-0.2, -0.15) is 0 Å². The largest absolute Gasteiger partial charge is 0.480 e. The van der Waals surface area contributed by atoms with E-state index in [0.29, 0.717) is 0 Å². The van der Waals surface area contributed by atoms with Gasteiger partial charge in [-0.1, -0.05) is 27.7 Å². The first-order chi connectivity index (χ1) is 12.4. The van der Waals surface area contributed by atoms with Crippen molar-refractivity contribution in [2.75, 3.05) is 6.54 Å². The number of carboxylic acid groups (broad SMARTS) is 1. The summed E-state index contributed by atoms with van der Waals surface area (Å²) >= 11 is 0. The second-order valence-corrected chi connectivity index (χ2v) is 7.25. The summed E-state index contributed by atoms with van der Waals surface area (Å²) < 4.78 is 0. The standard InChI is InChI=1S/C17H32N4O6/c1-8(2)6-11(15(24)21-14(10(5)22)17(26)27)19-16(25)13(9(3)4)20-12(23)7-18/h8-11,13-14,22H,6-7,18H2,1-5H3,(H,19,25)(H,20,23)(H,21,24)(H,26,27). The Morgan fingerprint density at radius 2 is 1.44 bits per heavy atom. The van der Waals surface area contributed by atoms with E-state index in [1.54, 1.807) is 13.8 Å². The number of carboxylic acids is 1. The van der Waals surface area contributed by atoms with E-state index >= 15 is 0 Å². The second kappa shape index (κ2) is 11.5. The Morgan fingerprint density at radius 1 is 0.889 bits per heavy atom. The van der Waals surface area contributed by atoms with Gasteiger partial charge in [0.15, 0.2) is 6.04 Å². The first-order valence-electron chi connectivity index (χ1n) is 8.91. The van der Waals surface area contributed by atoms with Crippen molar-refractivity contribution >= 4 is 23.7 Å². The molecule has 0 aromatic carbocycles. The van der Waals surface area contributed by atoms with Crippen molar-refractivity contribution in [1.29, 1.82) is 0 Å². The molecule has 4 unspecified atom stereocenters. The molecule has 0 radical (unpaired) electrons. The molecule has 156 valence electrons. The van der Waals surface area contributed by atoms with Crippen molar-refractivity contribution < 1.29 is 29.4 Å². The van der Waals surface area contributed by atoms with Crippen molar-refractivity contribution in [2.24, 2.45) is 17.6 Å². The first kappa shape index (κ1) is 24.8. The molecular formula is C17H32N4O6. The predicted molar refractivity (Wildman–Crippen MR) is 98.5 cm³/mol. The Balaban J connectivity index is 5.32. The van der Waals surface area contributed by atoms with Crippen LogP contribution in [-0.2, 0) is 19.2 Å². The third-order valence-electron chi connectivity index (χ3n) is 3.84. The maximum Gasteiger partial charge on any atom is 0.328 e. The van der Waals surface area contributed by atoms with Gasteiger partial charge in [-0.3, -0.25) is 14.4 Å². The van der Waals surface area contributed by atoms with Crippen LogP contribution in [0.1, 0.15) is 41.0 Å². The zero-order chi connectivity index (χ0) is 21.3. The third kappa shape index (κ3) is 8.83. The van der Waals surface area contributed by atoms with Gasteiger partial charge in [-0.05, 0) is 25.2 Å². The monoisotopic (exact) mass is 388 g/mol. The van der Waals surface area contributed by atoms with Gasteiger partial charge >= 0.3 is 5.97 Å². The van der Waals surface area contributed by atoms with E-state index in [1.807, 2.05) is 13.8 Å². The fraction of sp³-hybridized carbons (Fsp3) is 0.765. The normalized spacial score (nSPS) is 15.6. The molecule has 0 heterocycles. The van der Waals surface area contributed by atoms with Crippen molar-refractivity contribution in [3.63, 3.8) is 0 Å². The topological polar surface area (TPSA) is 171 Å². The summed E-state index contributed by atoms with van der Waals surface area (Å²) in [5, 5.41) is 25.9. The van der Waals surface area contributed by atoms with Gasteiger partial charge in [0.05, 0.1) is 12.6 Å². The summed E-state index contributed by atoms with van der Waals surface area (Å²) in [6, 6.07) is -3.41. The molecule has 0 saturated carbocycles. The average Bonchev–Trinajstić information content (AvgIpc) is 2.54. The molecule has 7 N–H and O–H groups in total. The molecule has 27 heavy (non-hydrogen) atoms. The van der Waals surface area contributed by atoms with E-state index in [0.717, 1.165) is 0 Å². The molecule has 0 saturated heterocycles. The summed E-state index contributed by atoms with van der Waals surface area (Å²) in [5.74, 6) is -3.42. The van der Waals surface area contributed by atoms with E-state index < -0.39 is 47.9 Å². The maximum absolute atomic E-state index is 12.6. The van der Waals surface area contributed by atoms with Gasteiger partial charge in [0.25, 0.3) is 0 Å². The van der Waals surface area contributed by atoms with Crippen LogP contribution in [0.4, 0.5) is 0 Å². The van der Waals surface area contributed by atoms with Crippen molar-refractivity contribution in [3.05, 3.63) is 0 Å². The lowest BCUT2D eigenvalue weighted by atomic mass is 9.99. The molecule has 0 fully saturated rings. The third-order valence-corrected chi connectivity index (χ3v) is 3.84. The molecule has 10 nitrogen and oxygen atoms in total. The van der Waals surface area contributed by atoms with Crippen LogP contribution in [0.5, 0.6) is 0 Å². The van der Waals surface area contributed by atoms with Gasteiger partial charge < -0.3 is 31.9 Å². The van der Waals surface area contributed by atoms with Crippen molar-refractivity contribution in [2.45, 2.75) is 65.3 Å². The highest BCUT2D eigenvalue weighted by molar-refractivity contribution is 5.93. The molecule has 0 aliphatic carbocycles. The van der Waals surface area contributed by atoms with E-state index in [9.17, 15) is 24.3 Å². The number of aliphatic hydroxyl groups is 1. The Bertz CT molecular complexity index is 536. The molecule has 0 aliphatic rings. The minimum Gasteiger partial charge on any atom is -0.480 e. The van der Waals surface area contributed by atoms with Crippen LogP contribution in [0.25, 0.3) is 0 Å². The maximum atomic E-state index is 12.6. The summed E-state index contributed by atoms with van der Waals surface area (Å²) in [6.07, 6.45) is -1.06. The average molecular weight is 388 g/mol. The molecule has 10 heteroatoms. The Morgan fingerprint density at radius 3 is 1.81 bits per heavy atom. The number of nitrogens with one attached hydrogen (secondary N) is 3. The van der Waals surface area contributed by atoms with Crippen LogP contribution in [-0.4, -0.2) is 64.7 Å². The number of aliphatic carboxylic acids is 1. The highest BCUT2D eigenvalue weighted by Gasteiger charge is 2.32. The number of hydrogen-bond donors (Lipinski definition) is 6. The number of rotatable bonds is 11. The highest BCUT2D eigenvalue weighted by atomic mass is 16.4. The fourth-order valence-electron chi connectivity index (χ4n) is 2.37. The Hall–Kier alpha value is -2.20. The van der Waals surface area contributed by atoms with Crippen LogP contribution < -0.4 is 21.7 Å². The van der Waals surface area contributed by atoms with Crippen LogP contribution in [0.3, 0.4) is 0 Å². The number of nitrogens with two attached hydrogens (primary N) is 1. The van der Waals surface area contributed by atoms with Crippen LogP contribution in [0.15, 0.2) is 0 Å². The van der Waals surface area contributed by atoms with Crippen LogP contribution >= 0.6 is 0 Å². The molecule has 0 rings (SSSR count). The molecule has 3 amide bonds. The van der Waals surface area contributed by atoms with Crippen molar-refractivity contribution in [1.82, 2.24) is 16.0 Å². The fourth-order valence-corrected chi connectivity index (χ4v) is 2.37. The van der Waals surface area contributed by atoms with Gasteiger partial charge in [0, 0.05) is 0 Å². The minimum absolute atomic E-state index is 0.0204. The molecular weight excluding hydrogens is 356 g/mol. The van der Waals surface area contributed by atoms with Crippen molar-refractivity contribution in [3.8, 4) is 0 Å². The molecule has 0 aliphatic heterocycles. The predicted octanol–water partition coefficient (Wildman–Crippen LogP) is -1.43. The molecule has 0 bridgehead atoms. The number of carbonyl (C=O) groups excluding carboxylic acids is 3. The lowest BCUT2D eigenvalue weighted by Gasteiger charge is -2.27. The summed E-state index contributed by atoms with van der Waals surface area (Å²) in [5.41, 5.74) is 5.26.